The summed E-state index contributed by atoms with van der Waals surface area (Å²) in [4.78, 5) is 29.1. The van der Waals surface area contributed by atoms with Gasteiger partial charge in [-0.1, -0.05) is 11.6 Å². The van der Waals surface area contributed by atoms with Crippen LogP contribution >= 0.6 is 11.6 Å². The summed E-state index contributed by atoms with van der Waals surface area (Å²) in [6.07, 6.45) is 3.83. The van der Waals surface area contributed by atoms with Crippen LogP contribution in [0.3, 0.4) is 0 Å². The minimum atomic E-state index is -0.177. The molecule has 3 N–H and O–H groups in total. The fourth-order valence-corrected chi connectivity index (χ4v) is 4.30. The maximum Gasteiger partial charge on any atom is 0.321 e. The summed E-state index contributed by atoms with van der Waals surface area (Å²) < 4.78 is 5.37. The highest BCUT2D eigenvalue weighted by molar-refractivity contribution is 6.34. The molecule has 3 aromatic rings. The van der Waals surface area contributed by atoms with Gasteiger partial charge in [0.2, 0.25) is 5.91 Å². The van der Waals surface area contributed by atoms with E-state index in [0.29, 0.717) is 35.4 Å². The third-order valence-corrected chi connectivity index (χ3v) is 5.99. The van der Waals surface area contributed by atoms with Gasteiger partial charge in [-0.05, 0) is 60.7 Å². The van der Waals surface area contributed by atoms with Crippen LogP contribution in [-0.2, 0) is 4.79 Å². The van der Waals surface area contributed by atoms with Crippen LogP contribution in [-0.4, -0.2) is 42.0 Å². The van der Waals surface area contributed by atoms with Crippen LogP contribution in [0.1, 0.15) is 31.2 Å². The molecule has 1 saturated heterocycles. The number of nitrogens with zero attached hydrogens (tertiary/aromatic N) is 1. The lowest BCUT2D eigenvalue weighted by molar-refractivity contribution is -0.114. The van der Waals surface area contributed by atoms with Crippen LogP contribution in [0.25, 0.3) is 10.9 Å². The standard InChI is InChI=1S/C23H25ClN4O3/c1-14(29)26-16-3-5-22(20(24)11-16)27-23(30)28-9-7-15(8-10-28)19-13-25-21-6-4-17(31-2)12-18(19)21/h3-6,11-13,15,25H,7-10H2,1-2H3,(H,26,29)(H,27,30). The zero-order valence-corrected chi connectivity index (χ0v) is 18.3. The average Bonchev–Trinajstić information content (AvgIpc) is 3.18. The van der Waals surface area contributed by atoms with Crippen LogP contribution in [0.15, 0.2) is 42.6 Å². The Morgan fingerprint density at radius 3 is 2.58 bits per heavy atom. The molecule has 162 valence electrons. The van der Waals surface area contributed by atoms with E-state index in [1.807, 2.05) is 17.0 Å². The number of H-pyrrole nitrogens is 1. The van der Waals surface area contributed by atoms with Gasteiger partial charge >= 0.3 is 6.03 Å². The van der Waals surface area contributed by atoms with Gasteiger partial charge in [-0.15, -0.1) is 0 Å². The maximum atomic E-state index is 12.7. The number of rotatable bonds is 4. The van der Waals surface area contributed by atoms with E-state index < -0.39 is 0 Å². The predicted molar refractivity (Wildman–Crippen MR) is 123 cm³/mol. The third-order valence-electron chi connectivity index (χ3n) is 5.67. The van der Waals surface area contributed by atoms with E-state index in [4.69, 9.17) is 16.3 Å². The highest BCUT2D eigenvalue weighted by Crippen LogP contribution is 2.35. The normalized spacial score (nSPS) is 14.5. The number of carbonyl (C=O) groups is 2. The van der Waals surface area contributed by atoms with Gasteiger partial charge in [0.05, 0.1) is 17.8 Å². The van der Waals surface area contributed by atoms with E-state index in [9.17, 15) is 9.59 Å². The number of urea groups is 1. The van der Waals surface area contributed by atoms with Crippen molar-refractivity contribution in [2.24, 2.45) is 0 Å². The summed E-state index contributed by atoms with van der Waals surface area (Å²) in [5.41, 5.74) is 3.47. The number of hydrogen-bond acceptors (Lipinski definition) is 3. The molecule has 3 amide bonds. The first-order chi connectivity index (χ1) is 14.9. The monoisotopic (exact) mass is 440 g/mol. The summed E-state index contributed by atoms with van der Waals surface area (Å²) >= 11 is 6.27. The Morgan fingerprint density at radius 2 is 1.90 bits per heavy atom. The summed E-state index contributed by atoms with van der Waals surface area (Å²) in [6, 6.07) is 10.9. The number of carbonyl (C=O) groups excluding carboxylic acids is 2. The molecule has 0 spiro atoms. The third kappa shape index (κ3) is 4.61. The number of nitrogens with one attached hydrogen (secondary N) is 3. The summed E-state index contributed by atoms with van der Waals surface area (Å²) in [5.74, 6) is 1.04. The second kappa shape index (κ2) is 8.89. The number of aromatic nitrogens is 1. The van der Waals surface area contributed by atoms with Crippen LogP contribution in [0.2, 0.25) is 5.02 Å². The minimum absolute atomic E-state index is 0.173. The van der Waals surface area contributed by atoms with E-state index in [1.54, 1.807) is 25.3 Å². The highest BCUT2D eigenvalue weighted by atomic mass is 35.5. The van der Waals surface area contributed by atoms with Gasteiger partial charge in [-0.2, -0.15) is 0 Å². The number of benzene rings is 2. The van der Waals surface area contributed by atoms with Gasteiger partial charge < -0.3 is 25.3 Å². The van der Waals surface area contributed by atoms with Crippen molar-refractivity contribution in [3.05, 3.63) is 53.2 Å². The van der Waals surface area contributed by atoms with Gasteiger partial charge in [-0.3, -0.25) is 4.79 Å². The highest BCUT2D eigenvalue weighted by Gasteiger charge is 2.26. The van der Waals surface area contributed by atoms with Gasteiger partial charge in [0.25, 0.3) is 0 Å². The Hall–Kier alpha value is -3.19. The number of anilines is 2. The summed E-state index contributed by atoms with van der Waals surface area (Å²) in [7, 11) is 1.67. The molecule has 7 nitrogen and oxygen atoms in total. The zero-order chi connectivity index (χ0) is 22.0. The van der Waals surface area contributed by atoms with Crippen LogP contribution < -0.4 is 15.4 Å². The number of methoxy groups -OCH3 is 1. The first kappa shape index (κ1) is 21.1. The van der Waals surface area contributed by atoms with E-state index in [0.717, 1.165) is 24.1 Å². The Labute approximate surface area is 185 Å². The Bertz CT molecular complexity index is 1120. The number of likely N-dealkylation sites (tertiary alicyclic amines) is 1. The van der Waals surface area contributed by atoms with Gasteiger partial charge in [-0.25, -0.2) is 4.79 Å². The molecule has 0 unspecified atom stereocenters. The number of halogens is 1. The molecule has 4 rings (SSSR count). The number of aromatic amines is 1. The topological polar surface area (TPSA) is 86.5 Å². The Balaban J connectivity index is 1.39. The predicted octanol–water partition coefficient (Wildman–Crippen LogP) is 5.20. The van der Waals surface area contributed by atoms with Crippen molar-refractivity contribution in [2.45, 2.75) is 25.7 Å². The van der Waals surface area contributed by atoms with Crippen LogP contribution in [0, 0.1) is 0 Å². The maximum absolute atomic E-state index is 12.7. The van der Waals surface area contributed by atoms with Crippen molar-refractivity contribution >= 4 is 45.8 Å². The molecular weight excluding hydrogens is 416 g/mol. The molecule has 0 saturated carbocycles. The van der Waals surface area contributed by atoms with Crippen molar-refractivity contribution in [3.8, 4) is 5.75 Å². The van der Waals surface area contributed by atoms with Crippen molar-refractivity contribution in [1.82, 2.24) is 9.88 Å². The van der Waals surface area contributed by atoms with Crippen molar-refractivity contribution < 1.29 is 14.3 Å². The average molecular weight is 441 g/mol. The molecule has 1 aliphatic heterocycles. The second-order valence-electron chi connectivity index (χ2n) is 7.72. The summed E-state index contributed by atoms with van der Waals surface area (Å²) in [5, 5.41) is 7.10. The molecule has 8 heteroatoms. The lowest BCUT2D eigenvalue weighted by Gasteiger charge is -2.32. The Morgan fingerprint density at radius 1 is 1.13 bits per heavy atom. The molecule has 1 aliphatic rings. The molecule has 0 bridgehead atoms. The van der Waals surface area contributed by atoms with Gasteiger partial charge in [0.15, 0.2) is 0 Å². The molecule has 2 aromatic carbocycles. The van der Waals surface area contributed by atoms with E-state index in [1.165, 1.54) is 17.9 Å². The summed E-state index contributed by atoms with van der Waals surface area (Å²) in [6.45, 7) is 2.75. The molecule has 31 heavy (non-hydrogen) atoms. The molecule has 0 aliphatic carbocycles. The molecule has 2 heterocycles. The lowest BCUT2D eigenvalue weighted by Crippen LogP contribution is -2.40. The number of piperidine rings is 1. The smallest absolute Gasteiger partial charge is 0.321 e. The van der Waals surface area contributed by atoms with Crippen LogP contribution in [0.4, 0.5) is 16.2 Å². The molecule has 0 atom stereocenters. The van der Waals surface area contributed by atoms with E-state index in [-0.39, 0.29) is 11.9 Å². The SMILES string of the molecule is COc1ccc2[nH]cc(C3CCN(C(=O)Nc4ccc(NC(C)=O)cc4Cl)CC3)c2c1. The Kier molecular flexibility index (Phi) is 6.04. The second-order valence-corrected chi connectivity index (χ2v) is 8.13. The quantitative estimate of drug-likeness (QED) is 0.521. The van der Waals surface area contributed by atoms with E-state index >= 15 is 0 Å². The fraction of sp³-hybridized carbons (Fsp3) is 0.304. The molecule has 1 fully saturated rings. The zero-order valence-electron chi connectivity index (χ0n) is 17.5. The first-order valence-corrected chi connectivity index (χ1v) is 10.6. The number of amides is 3. The number of ether oxygens (including phenoxy) is 1. The fourth-order valence-electron chi connectivity index (χ4n) is 4.07. The first-order valence-electron chi connectivity index (χ1n) is 10.2. The van der Waals surface area contributed by atoms with Crippen molar-refractivity contribution in [2.75, 3.05) is 30.8 Å². The van der Waals surface area contributed by atoms with Crippen LogP contribution in [0.5, 0.6) is 5.75 Å². The molecule has 1 aromatic heterocycles. The minimum Gasteiger partial charge on any atom is -0.497 e. The van der Waals surface area contributed by atoms with Gasteiger partial charge in [0, 0.05) is 42.8 Å². The van der Waals surface area contributed by atoms with Gasteiger partial charge in [0.1, 0.15) is 5.75 Å². The lowest BCUT2D eigenvalue weighted by atomic mass is 9.89. The molecular formula is C23H25ClN4O3. The van der Waals surface area contributed by atoms with Crippen molar-refractivity contribution in [1.29, 1.82) is 0 Å². The number of hydrogen-bond donors (Lipinski definition) is 3. The van der Waals surface area contributed by atoms with Crippen molar-refractivity contribution in [3.63, 3.8) is 0 Å². The van der Waals surface area contributed by atoms with E-state index in [2.05, 4.69) is 27.9 Å². The number of fused-ring (bicyclic) bond motifs is 1. The largest absolute Gasteiger partial charge is 0.497 e. The molecule has 0 radical (unpaired) electrons.